The number of hydrogen-bond donors (Lipinski definition) is 2. The highest BCUT2D eigenvalue weighted by Gasteiger charge is 2.19. The molecule has 0 aromatic carbocycles. The summed E-state index contributed by atoms with van der Waals surface area (Å²) in [6, 6.07) is 5.46. The van der Waals surface area contributed by atoms with E-state index >= 15 is 0 Å². The number of nitrogens with one attached hydrogen (secondary N) is 1. The van der Waals surface area contributed by atoms with Crippen LogP contribution in [-0.2, 0) is 23.1 Å². The van der Waals surface area contributed by atoms with Crippen LogP contribution < -0.4 is 4.72 Å². The van der Waals surface area contributed by atoms with E-state index in [2.05, 4.69) is 20.7 Å². The van der Waals surface area contributed by atoms with Crippen molar-refractivity contribution in [3.05, 3.63) is 36.6 Å². The molecule has 0 fully saturated rings. The Balaban J connectivity index is 2.01. The largest absolute Gasteiger partial charge is 0.391 e. The lowest BCUT2D eigenvalue weighted by Gasteiger charge is -2.05. The summed E-state index contributed by atoms with van der Waals surface area (Å²) in [5, 5.41) is 9.06. The SMILES string of the molecule is Cc1sc(CO)cc1S(=O)(=O)NCCc1ccc(Br)s1. The summed E-state index contributed by atoms with van der Waals surface area (Å²) in [7, 11) is -3.50. The van der Waals surface area contributed by atoms with Gasteiger partial charge in [0.2, 0.25) is 10.0 Å². The summed E-state index contributed by atoms with van der Waals surface area (Å²) in [4.78, 5) is 2.74. The molecule has 4 nitrogen and oxygen atoms in total. The standard InChI is InChI=1S/C12H14BrNO3S3/c1-8-11(6-10(7-15)18-8)20(16,17)14-5-4-9-2-3-12(13)19-9/h2-3,6,14-15H,4-5,7H2,1H3. The van der Waals surface area contributed by atoms with Crippen molar-refractivity contribution in [2.75, 3.05) is 6.54 Å². The average molecular weight is 396 g/mol. The van der Waals surface area contributed by atoms with E-state index in [4.69, 9.17) is 5.11 Å². The Kier molecular flexibility index (Phi) is 5.38. The van der Waals surface area contributed by atoms with Gasteiger partial charge in [0.25, 0.3) is 0 Å². The van der Waals surface area contributed by atoms with Gasteiger partial charge in [-0.05, 0) is 47.5 Å². The van der Waals surface area contributed by atoms with Crippen LogP contribution in [0, 0.1) is 6.92 Å². The van der Waals surface area contributed by atoms with Crippen LogP contribution in [0.1, 0.15) is 14.6 Å². The summed E-state index contributed by atoms with van der Waals surface area (Å²) >= 11 is 6.27. The van der Waals surface area contributed by atoms with Crippen molar-refractivity contribution in [3.63, 3.8) is 0 Å². The number of hydrogen-bond acceptors (Lipinski definition) is 5. The number of aryl methyl sites for hydroxylation is 1. The van der Waals surface area contributed by atoms with Crippen LogP contribution in [0.5, 0.6) is 0 Å². The van der Waals surface area contributed by atoms with Gasteiger partial charge in [0.15, 0.2) is 0 Å². The lowest BCUT2D eigenvalue weighted by atomic mass is 10.3. The first-order valence-electron chi connectivity index (χ1n) is 5.86. The molecule has 0 amide bonds. The Hall–Kier alpha value is -0.250. The molecule has 0 aliphatic carbocycles. The molecule has 0 saturated carbocycles. The molecule has 0 atom stereocenters. The Morgan fingerprint density at radius 2 is 2.05 bits per heavy atom. The highest BCUT2D eigenvalue weighted by Crippen LogP contribution is 2.26. The first kappa shape index (κ1) is 16.1. The van der Waals surface area contributed by atoms with Crippen molar-refractivity contribution in [1.82, 2.24) is 4.72 Å². The zero-order chi connectivity index (χ0) is 14.8. The molecule has 2 aromatic heterocycles. The molecule has 0 saturated heterocycles. The maximum absolute atomic E-state index is 12.2. The Labute approximate surface area is 134 Å². The number of aliphatic hydroxyl groups excluding tert-OH is 1. The molecule has 8 heteroatoms. The van der Waals surface area contributed by atoms with Crippen LogP contribution >= 0.6 is 38.6 Å². The number of halogens is 1. The van der Waals surface area contributed by atoms with Gasteiger partial charge in [0.05, 0.1) is 15.3 Å². The lowest BCUT2D eigenvalue weighted by molar-refractivity contribution is 0.285. The maximum Gasteiger partial charge on any atom is 0.241 e. The van der Waals surface area contributed by atoms with Gasteiger partial charge >= 0.3 is 0 Å². The first-order chi connectivity index (χ1) is 9.42. The van der Waals surface area contributed by atoms with E-state index in [1.54, 1.807) is 18.3 Å². The Morgan fingerprint density at radius 3 is 2.60 bits per heavy atom. The van der Waals surface area contributed by atoms with Crippen LogP contribution in [0.15, 0.2) is 26.9 Å². The molecule has 2 aromatic rings. The molecule has 2 rings (SSSR count). The second-order valence-corrected chi connectivity index (χ2v) is 9.77. The molecule has 0 aliphatic heterocycles. The minimum absolute atomic E-state index is 0.135. The molecular formula is C12H14BrNO3S3. The van der Waals surface area contributed by atoms with E-state index in [0.717, 1.165) is 8.66 Å². The number of aliphatic hydroxyl groups is 1. The van der Waals surface area contributed by atoms with Gasteiger partial charge < -0.3 is 5.11 Å². The fourth-order valence-corrected chi connectivity index (χ4v) is 5.75. The predicted octanol–water partition coefficient (Wildman–Crippen LogP) is 2.89. The fourth-order valence-electron chi connectivity index (χ4n) is 1.74. The molecule has 2 heterocycles. The zero-order valence-electron chi connectivity index (χ0n) is 10.7. The van der Waals surface area contributed by atoms with Crippen molar-refractivity contribution in [3.8, 4) is 0 Å². The van der Waals surface area contributed by atoms with E-state index in [-0.39, 0.29) is 11.5 Å². The van der Waals surface area contributed by atoms with Gasteiger partial charge in [-0.15, -0.1) is 22.7 Å². The third-order valence-electron chi connectivity index (χ3n) is 2.66. The van der Waals surface area contributed by atoms with E-state index in [1.807, 2.05) is 12.1 Å². The summed E-state index contributed by atoms with van der Waals surface area (Å²) in [5.41, 5.74) is 0. The van der Waals surface area contributed by atoms with Gasteiger partial charge in [-0.1, -0.05) is 0 Å². The summed E-state index contributed by atoms with van der Waals surface area (Å²) in [6.45, 7) is 1.97. The highest BCUT2D eigenvalue weighted by atomic mass is 79.9. The summed E-state index contributed by atoms with van der Waals surface area (Å²) in [6.07, 6.45) is 0.658. The molecule has 0 unspecified atom stereocenters. The first-order valence-corrected chi connectivity index (χ1v) is 9.77. The quantitative estimate of drug-likeness (QED) is 0.789. The van der Waals surface area contributed by atoms with Crippen LogP contribution in [0.4, 0.5) is 0 Å². The maximum atomic E-state index is 12.2. The minimum atomic E-state index is -3.50. The van der Waals surface area contributed by atoms with E-state index in [9.17, 15) is 8.42 Å². The third-order valence-corrected chi connectivity index (χ3v) is 7.10. The Morgan fingerprint density at radius 1 is 1.30 bits per heavy atom. The number of sulfonamides is 1. The molecule has 0 spiro atoms. The smallest absolute Gasteiger partial charge is 0.241 e. The summed E-state index contributed by atoms with van der Waals surface area (Å²) < 4.78 is 28.0. The van der Waals surface area contributed by atoms with Crippen LogP contribution in [0.3, 0.4) is 0 Å². The average Bonchev–Trinajstić information content (AvgIpc) is 2.95. The van der Waals surface area contributed by atoms with Gasteiger partial charge in [-0.3, -0.25) is 0 Å². The van der Waals surface area contributed by atoms with Crippen molar-refractivity contribution in [2.45, 2.75) is 24.8 Å². The van der Waals surface area contributed by atoms with Crippen molar-refractivity contribution >= 4 is 48.6 Å². The van der Waals surface area contributed by atoms with Crippen molar-refractivity contribution in [2.24, 2.45) is 0 Å². The van der Waals surface area contributed by atoms with Crippen molar-refractivity contribution in [1.29, 1.82) is 0 Å². The van der Waals surface area contributed by atoms with E-state index < -0.39 is 10.0 Å². The summed E-state index contributed by atoms with van der Waals surface area (Å²) in [5.74, 6) is 0. The predicted molar refractivity (Wildman–Crippen MR) is 85.9 cm³/mol. The monoisotopic (exact) mass is 395 g/mol. The molecule has 110 valence electrons. The second-order valence-electron chi connectivity index (χ2n) is 4.14. The highest BCUT2D eigenvalue weighted by molar-refractivity contribution is 9.11. The topological polar surface area (TPSA) is 66.4 Å². The second kappa shape index (κ2) is 6.67. The lowest BCUT2D eigenvalue weighted by Crippen LogP contribution is -2.26. The van der Waals surface area contributed by atoms with E-state index in [0.29, 0.717) is 22.7 Å². The third kappa shape index (κ3) is 3.90. The van der Waals surface area contributed by atoms with Gasteiger partial charge in [-0.25, -0.2) is 13.1 Å². The van der Waals surface area contributed by atoms with Crippen LogP contribution in [0.25, 0.3) is 0 Å². The molecule has 2 N–H and O–H groups in total. The molecular weight excluding hydrogens is 382 g/mol. The fraction of sp³-hybridized carbons (Fsp3) is 0.333. The Bertz CT molecular complexity index is 691. The van der Waals surface area contributed by atoms with Gasteiger partial charge in [0.1, 0.15) is 0 Å². The van der Waals surface area contributed by atoms with Gasteiger partial charge in [-0.2, -0.15) is 0 Å². The number of thiophene rings is 2. The molecule has 0 bridgehead atoms. The van der Waals surface area contributed by atoms with Crippen LogP contribution in [0.2, 0.25) is 0 Å². The van der Waals surface area contributed by atoms with E-state index in [1.165, 1.54) is 17.4 Å². The molecule has 20 heavy (non-hydrogen) atoms. The minimum Gasteiger partial charge on any atom is -0.391 e. The zero-order valence-corrected chi connectivity index (χ0v) is 14.8. The van der Waals surface area contributed by atoms with Crippen LogP contribution in [-0.4, -0.2) is 20.1 Å². The molecule has 0 aliphatic rings. The van der Waals surface area contributed by atoms with Crippen molar-refractivity contribution < 1.29 is 13.5 Å². The number of rotatable bonds is 6. The van der Waals surface area contributed by atoms with Gasteiger partial charge in [0, 0.05) is 21.2 Å². The molecule has 0 radical (unpaired) electrons. The normalized spacial score (nSPS) is 11.9.